The summed E-state index contributed by atoms with van der Waals surface area (Å²) in [5, 5.41) is 8.40. The molecule has 0 aromatic heterocycles. The second-order valence-electron chi connectivity index (χ2n) is 12.4. The van der Waals surface area contributed by atoms with Gasteiger partial charge in [0.2, 0.25) is 23.6 Å². The maximum Gasteiger partial charge on any atom is 0.410 e. The van der Waals surface area contributed by atoms with Gasteiger partial charge in [0, 0.05) is 25.8 Å². The Hall–Kier alpha value is -3.89. The molecular weight excluding hydrogens is 526 g/mol. The predicted molar refractivity (Wildman–Crippen MR) is 157 cm³/mol. The van der Waals surface area contributed by atoms with Crippen molar-refractivity contribution in [3.63, 3.8) is 0 Å². The van der Waals surface area contributed by atoms with Crippen LogP contribution in [0.25, 0.3) is 0 Å². The monoisotopic (exact) mass is 571 g/mol. The molecule has 0 saturated carbocycles. The summed E-state index contributed by atoms with van der Waals surface area (Å²) in [6.45, 7) is 16.3. The van der Waals surface area contributed by atoms with Crippen molar-refractivity contribution in [3.8, 4) is 0 Å². The minimum absolute atomic E-state index is 0.211. The molecule has 0 radical (unpaired) electrons. The zero-order chi connectivity index (χ0) is 31.1. The van der Waals surface area contributed by atoms with Crippen LogP contribution < -0.4 is 16.0 Å². The third-order valence-corrected chi connectivity index (χ3v) is 6.73. The normalized spacial score (nSPS) is 16.7. The maximum absolute atomic E-state index is 13.8. The van der Waals surface area contributed by atoms with Crippen molar-refractivity contribution in [2.24, 2.45) is 5.41 Å². The fourth-order valence-corrected chi connectivity index (χ4v) is 4.31. The molecule has 3 N–H and O–H groups in total. The van der Waals surface area contributed by atoms with Gasteiger partial charge in [-0.3, -0.25) is 24.1 Å². The number of likely N-dealkylation sites (N-methyl/N-ethyl adjacent to an activating group) is 1. The van der Waals surface area contributed by atoms with Gasteiger partial charge in [-0.2, -0.15) is 0 Å². The van der Waals surface area contributed by atoms with Crippen LogP contribution in [0.5, 0.6) is 0 Å². The smallest absolute Gasteiger partial charge is 0.410 e. The van der Waals surface area contributed by atoms with E-state index in [0.717, 1.165) is 5.56 Å². The highest BCUT2D eigenvalue weighted by Gasteiger charge is 2.42. The van der Waals surface area contributed by atoms with E-state index in [-0.39, 0.29) is 24.3 Å². The Labute approximate surface area is 243 Å². The molecule has 1 heterocycles. The first-order valence-electron chi connectivity index (χ1n) is 13.8. The second kappa shape index (κ2) is 13.6. The van der Waals surface area contributed by atoms with E-state index in [2.05, 4.69) is 22.5 Å². The number of hydrogen-bond donors (Lipinski definition) is 3. The molecule has 11 heteroatoms. The standard InChI is InChI=1S/C30H45N5O6/c1-10-23(36)32-21-14-11-13-20(17-21)18-31-26(38)22-15-12-16-35(22)27(39)24(29(3,4)5)33-25(37)19(2)34(9)28(40)41-30(6,7)8/h10-11,13-14,17,19,22,24H,1,12,15-16,18H2,2-9H3,(H,31,38)(H,32,36)(H,33,37). The number of rotatable bonds is 9. The van der Waals surface area contributed by atoms with Crippen molar-refractivity contribution in [1.82, 2.24) is 20.4 Å². The largest absolute Gasteiger partial charge is 0.444 e. The molecule has 1 aliphatic heterocycles. The van der Waals surface area contributed by atoms with Crippen LogP contribution in [0.15, 0.2) is 36.9 Å². The first-order valence-corrected chi connectivity index (χ1v) is 13.8. The van der Waals surface area contributed by atoms with E-state index in [1.165, 1.54) is 22.9 Å². The van der Waals surface area contributed by atoms with Gasteiger partial charge >= 0.3 is 6.09 Å². The van der Waals surface area contributed by atoms with Gasteiger partial charge < -0.3 is 25.6 Å². The first kappa shape index (κ1) is 33.3. The lowest BCUT2D eigenvalue weighted by Gasteiger charge is -2.36. The molecule has 0 spiro atoms. The molecule has 0 bridgehead atoms. The van der Waals surface area contributed by atoms with E-state index in [4.69, 9.17) is 4.74 Å². The van der Waals surface area contributed by atoms with Gasteiger partial charge in [0.05, 0.1) is 0 Å². The molecule has 1 aliphatic rings. The highest BCUT2D eigenvalue weighted by molar-refractivity contribution is 5.99. The van der Waals surface area contributed by atoms with E-state index in [1.54, 1.807) is 45.9 Å². The SMILES string of the molecule is C=CC(=O)Nc1cccc(CNC(=O)C2CCCN2C(=O)C(NC(=O)C(C)N(C)C(=O)OC(C)(C)C)C(C)(C)C)c1. The Balaban J connectivity index is 2.10. The summed E-state index contributed by atoms with van der Waals surface area (Å²) in [5.41, 5.74) is -0.0357. The Morgan fingerprint density at radius 3 is 2.39 bits per heavy atom. The molecule has 41 heavy (non-hydrogen) atoms. The lowest BCUT2D eigenvalue weighted by Crippen LogP contribution is -2.60. The molecule has 2 rings (SSSR count). The van der Waals surface area contributed by atoms with Gasteiger partial charge in [-0.1, -0.05) is 39.5 Å². The summed E-state index contributed by atoms with van der Waals surface area (Å²) < 4.78 is 5.36. The lowest BCUT2D eigenvalue weighted by atomic mass is 9.85. The molecule has 11 nitrogen and oxygen atoms in total. The van der Waals surface area contributed by atoms with E-state index < -0.39 is 41.1 Å². The summed E-state index contributed by atoms with van der Waals surface area (Å²) in [5.74, 6) is -1.49. The Kier molecular flexibility index (Phi) is 11.1. The number of carbonyl (C=O) groups excluding carboxylic acids is 5. The van der Waals surface area contributed by atoms with Crippen LogP contribution in [0.4, 0.5) is 10.5 Å². The molecule has 1 fully saturated rings. The number of benzene rings is 1. The molecule has 226 valence electrons. The van der Waals surface area contributed by atoms with Crippen LogP contribution >= 0.6 is 0 Å². The quantitative estimate of drug-likeness (QED) is 0.390. The van der Waals surface area contributed by atoms with Gasteiger partial charge in [-0.25, -0.2) is 4.79 Å². The molecule has 1 aromatic carbocycles. The van der Waals surface area contributed by atoms with Crippen LogP contribution in [0.1, 0.15) is 66.9 Å². The van der Waals surface area contributed by atoms with Gasteiger partial charge in [0.15, 0.2) is 0 Å². The number of hydrogen-bond acceptors (Lipinski definition) is 6. The van der Waals surface area contributed by atoms with Crippen molar-refractivity contribution >= 4 is 35.4 Å². The van der Waals surface area contributed by atoms with Gasteiger partial charge in [0.1, 0.15) is 23.7 Å². The molecule has 3 atom stereocenters. The molecular formula is C30H45N5O6. The molecule has 5 amide bonds. The fraction of sp³-hybridized carbons (Fsp3) is 0.567. The number of anilines is 1. The second-order valence-corrected chi connectivity index (χ2v) is 12.4. The zero-order valence-electron chi connectivity index (χ0n) is 25.5. The predicted octanol–water partition coefficient (Wildman–Crippen LogP) is 3.20. The topological polar surface area (TPSA) is 137 Å². The number of likely N-dealkylation sites (tertiary alicyclic amines) is 1. The maximum atomic E-state index is 13.8. The van der Waals surface area contributed by atoms with Crippen molar-refractivity contribution in [2.45, 2.75) is 91.6 Å². The number of amides is 5. The average Bonchev–Trinajstić information content (AvgIpc) is 3.37. The van der Waals surface area contributed by atoms with Gasteiger partial charge in [0.25, 0.3) is 0 Å². The summed E-state index contributed by atoms with van der Waals surface area (Å²) in [6, 6.07) is 4.56. The van der Waals surface area contributed by atoms with Crippen molar-refractivity contribution in [2.75, 3.05) is 18.9 Å². The van der Waals surface area contributed by atoms with Crippen molar-refractivity contribution in [3.05, 3.63) is 42.5 Å². The average molecular weight is 572 g/mol. The number of ether oxygens (including phenoxy) is 1. The van der Waals surface area contributed by atoms with E-state index >= 15 is 0 Å². The third kappa shape index (κ3) is 9.61. The van der Waals surface area contributed by atoms with Crippen LogP contribution in [-0.4, -0.2) is 76.8 Å². The molecule has 0 aliphatic carbocycles. The zero-order valence-corrected chi connectivity index (χ0v) is 25.5. The third-order valence-electron chi connectivity index (χ3n) is 6.73. The molecule has 1 saturated heterocycles. The van der Waals surface area contributed by atoms with E-state index in [9.17, 15) is 24.0 Å². The molecule has 3 unspecified atom stereocenters. The Bertz CT molecular complexity index is 1150. The minimum Gasteiger partial charge on any atom is -0.444 e. The fourth-order valence-electron chi connectivity index (χ4n) is 4.31. The Morgan fingerprint density at radius 2 is 1.80 bits per heavy atom. The van der Waals surface area contributed by atoms with E-state index in [1.807, 2.05) is 26.8 Å². The summed E-state index contributed by atoms with van der Waals surface area (Å²) >= 11 is 0. The van der Waals surface area contributed by atoms with Gasteiger partial charge in [-0.05, 0) is 69.7 Å². The van der Waals surface area contributed by atoms with Crippen LogP contribution in [0, 0.1) is 5.41 Å². The lowest BCUT2D eigenvalue weighted by molar-refractivity contribution is -0.144. The number of nitrogens with zero attached hydrogens (tertiary/aromatic N) is 2. The minimum atomic E-state index is -0.928. The Morgan fingerprint density at radius 1 is 1.15 bits per heavy atom. The highest BCUT2D eigenvalue weighted by atomic mass is 16.6. The summed E-state index contributed by atoms with van der Waals surface area (Å²) in [7, 11) is 1.47. The number of carbonyl (C=O) groups is 5. The first-order chi connectivity index (χ1) is 18.9. The number of nitrogens with one attached hydrogen (secondary N) is 3. The van der Waals surface area contributed by atoms with Gasteiger partial charge in [-0.15, -0.1) is 0 Å². The summed E-state index contributed by atoms with van der Waals surface area (Å²) in [6.07, 6.45) is 1.67. The van der Waals surface area contributed by atoms with Crippen LogP contribution in [0.3, 0.4) is 0 Å². The van der Waals surface area contributed by atoms with Crippen LogP contribution in [0.2, 0.25) is 0 Å². The summed E-state index contributed by atoms with van der Waals surface area (Å²) in [4.78, 5) is 66.9. The van der Waals surface area contributed by atoms with Crippen molar-refractivity contribution in [1.29, 1.82) is 0 Å². The van der Waals surface area contributed by atoms with Crippen molar-refractivity contribution < 1.29 is 28.7 Å². The van der Waals surface area contributed by atoms with Crippen LogP contribution in [-0.2, 0) is 30.5 Å². The van der Waals surface area contributed by atoms with E-state index in [0.29, 0.717) is 25.1 Å². The molecule has 1 aromatic rings. The highest BCUT2D eigenvalue weighted by Crippen LogP contribution is 2.26.